The Morgan fingerprint density at radius 3 is 2.12 bits per heavy atom. The van der Waals surface area contributed by atoms with Gasteiger partial charge in [-0.25, -0.2) is 4.79 Å². The number of rotatable bonds is 8. The summed E-state index contributed by atoms with van der Waals surface area (Å²) in [5.41, 5.74) is 2.18. The standard InChI is InChI=1S/C27H26O5S/c1-18-12-14-21(15-13-18)33-26-23(16-22(28)19-8-4-2-5-9-19)32-24(25(26)29)17-31-27(30)20-10-6-3-7-11-20/h2-15,23-26,29H,16-17H2,1H3/t23-,24+,25-,26-/m0/s1. The third-order valence-corrected chi connectivity index (χ3v) is 7.00. The van der Waals surface area contributed by atoms with Gasteiger partial charge in [0.2, 0.25) is 0 Å². The lowest BCUT2D eigenvalue weighted by atomic mass is 10.0. The number of esters is 1. The van der Waals surface area contributed by atoms with Gasteiger partial charge in [0.1, 0.15) is 12.7 Å². The van der Waals surface area contributed by atoms with Crippen LogP contribution in [0.25, 0.3) is 0 Å². The number of carbonyl (C=O) groups is 2. The Kier molecular flexibility index (Phi) is 7.60. The number of aryl methyl sites for hydroxylation is 1. The van der Waals surface area contributed by atoms with E-state index in [1.54, 1.807) is 36.4 Å². The number of hydrogen-bond acceptors (Lipinski definition) is 6. The second-order valence-electron chi connectivity index (χ2n) is 8.06. The Balaban J connectivity index is 1.47. The minimum Gasteiger partial charge on any atom is -0.459 e. The van der Waals surface area contributed by atoms with E-state index in [1.807, 2.05) is 55.5 Å². The first kappa shape index (κ1) is 23.2. The lowest BCUT2D eigenvalue weighted by Gasteiger charge is -2.19. The Bertz CT molecular complexity index is 1070. The zero-order valence-electron chi connectivity index (χ0n) is 18.3. The first-order chi connectivity index (χ1) is 16.0. The lowest BCUT2D eigenvalue weighted by Crippen LogP contribution is -2.33. The molecule has 0 saturated carbocycles. The van der Waals surface area contributed by atoms with Crippen LogP contribution in [-0.2, 0) is 9.47 Å². The molecule has 0 radical (unpaired) electrons. The number of benzene rings is 3. The molecular weight excluding hydrogens is 436 g/mol. The highest BCUT2D eigenvalue weighted by Gasteiger charge is 2.45. The predicted octanol–water partition coefficient (Wildman–Crippen LogP) is 4.71. The van der Waals surface area contributed by atoms with Crippen molar-refractivity contribution in [2.45, 2.75) is 41.8 Å². The van der Waals surface area contributed by atoms with Crippen LogP contribution in [0.5, 0.6) is 0 Å². The summed E-state index contributed by atoms with van der Waals surface area (Å²) in [7, 11) is 0. The SMILES string of the molecule is Cc1ccc(S[C@@H]2[C@@H](O)[C@@H](COC(=O)c3ccccc3)O[C@H]2CC(=O)c2ccccc2)cc1. The van der Waals surface area contributed by atoms with Crippen LogP contribution < -0.4 is 0 Å². The van der Waals surface area contributed by atoms with E-state index in [9.17, 15) is 14.7 Å². The molecule has 1 aliphatic heterocycles. The van der Waals surface area contributed by atoms with Crippen molar-refractivity contribution in [1.82, 2.24) is 0 Å². The van der Waals surface area contributed by atoms with Crippen LogP contribution >= 0.6 is 11.8 Å². The summed E-state index contributed by atoms with van der Waals surface area (Å²) in [6.07, 6.45) is -1.99. The summed E-state index contributed by atoms with van der Waals surface area (Å²) in [5, 5.41) is 10.7. The van der Waals surface area contributed by atoms with Gasteiger partial charge in [-0.3, -0.25) is 4.79 Å². The highest BCUT2D eigenvalue weighted by atomic mass is 32.2. The van der Waals surface area contributed by atoms with Crippen LogP contribution in [0, 0.1) is 6.92 Å². The predicted molar refractivity (Wildman–Crippen MR) is 128 cm³/mol. The fraction of sp³-hybridized carbons (Fsp3) is 0.259. The molecule has 0 bridgehead atoms. The average molecular weight is 463 g/mol. The number of aliphatic hydroxyl groups excluding tert-OH is 1. The topological polar surface area (TPSA) is 72.8 Å². The summed E-state index contributed by atoms with van der Waals surface area (Å²) in [6, 6.07) is 25.7. The molecule has 1 saturated heterocycles. The van der Waals surface area contributed by atoms with E-state index >= 15 is 0 Å². The molecule has 33 heavy (non-hydrogen) atoms. The molecule has 0 amide bonds. The number of hydrogen-bond donors (Lipinski definition) is 1. The van der Waals surface area contributed by atoms with Gasteiger partial charge in [0.05, 0.1) is 23.0 Å². The van der Waals surface area contributed by atoms with Gasteiger partial charge >= 0.3 is 5.97 Å². The van der Waals surface area contributed by atoms with Crippen molar-refractivity contribution >= 4 is 23.5 Å². The van der Waals surface area contributed by atoms with Crippen LogP contribution in [0.2, 0.25) is 0 Å². The Morgan fingerprint density at radius 1 is 0.879 bits per heavy atom. The van der Waals surface area contributed by atoms with Crippen LogP contribution in [-0.4, -0.2) is 47.0 Å². The van der Waals surface area contributed by atoms with Gasteiger partial charge in [-0.1, -0.05) is 66.2 Å². The van der Waals surface area contributed by atoms with Crippen molar-refractivity contribution in [3.05, 3.63) is 102 Å². The molecule has 4 atom stereocenters. The fourth-order valence-electron chi connectivity index (χ4n) is 3.78. The molecule has 0 aliphatic carbocycles. The summed E-state index contributed by atoms with van der Waals surface area (Å²) in [6.45, 7) is 1.93. The van der Waals surface area contributed by atoms with E-state index in [-0.39, 0.29) is 24.1 Å². The van der Waals surface area contributed by atoms with Crippen molar-refractivity contribution in [2.75, 3.05) is 6.61 Å². The van der Waals surface area contributed by atoms with Crippen molar-refractivity contribution in [2.24, 2.45) is 0 Å². The van der Waals surface area contributed by atoms with Crippen LogP contribution in [0.3, 0.4) is 0 Å². The Labute approximate surface area is 197 Å². The maximum Gasteiger partial charge on any atom is 0.338 e. The molecule has 1 fully saturated rings. The van der Waals surface area contributed by atoms with Crippen LogP contribution in [0.1, 0.15) is 32.7 Å². The lowest BCUT2D eigenvalue weighted by molar-refractivity contribution is -0.0336. The molecule has 5 nitrogen and oxygen atoms in total. The van der Waals surface area contributed by atoms with Gasteiger partial charge in [0.25, 0.3) is 0 Å². The number of aliphatic hydroxyl groups is 1. The number of carbonyl (C=O) groups excluding carboxylic acids is 2. The van der Waals surface area contributed by atoms with E-state index in [0.29, 0.717) is 11.1 Å². The maximum atomic E-state index is 12.9. The second kappa shape index (κ2) is 10.8. The Morgan fingerprint density at radius 2 is 1.48 bits per heavy atom. The number of Topliss-reactive ketones (excluding diaryl/α,β-unsaturated/α-hetero) is 1. The molecule has 1 N–H and O–H groups in total. The molecule has 0 aromatic heterocycles. The van der Waals surface area contributed by atoms with Crippen molar-refractivity contribution in [3.63, 3.8) is 0 Å². The van der Waals surface area contributed by atoms with E-state index in [2.05, 4.69) is 0 Å². The second-order valence-corrected chi connectivity index (χ2v) is 9.31. The largest absolute Gasteiger partial charge is 0.459 e. The molecule has 6 heteroatoms. The zero-order chi connectivity index (χ0) is 23.2. The molecule has 1 aliphatic rings. The average Bonchev–Trinajstić information content (AvgIpc) is 3.14. The van der Waals surface area contributed by atoms with E-state index in [1.165, 1.54) is 11.8 Å². The highest BCUT2D eigenvalue weighted by molar-refractivity contribution is 8.00. The molecule has 3 aromatic carbocycles. The third-order valence-electron chi connectivity index (χ3n) is 5.60. The molecule has 0 spiro atoms. The fourth-order valence-corrected chi connectivity index (χ4v) is 5.01. The summed E-state index contributed by atoms with van der Waals surface area (Å²) in [4.78, 5) is 26.2. The summed E-state index contributed by atoms with van der Waals surface area (Å²) in [5.74, 6) is -0.526. The highest BCUT2D eigenvalue weighted by Crippen LogP contribution is 2.38. The van der Waals surface area contributed by atoms with E-state index < -0.39 is 24.3 Å². The van der Waals surface area contributed by atoms with Crippen LogP contribution in [0.4, 0.5) is 0 Å². The number of ether oxygens (including phenoxy) is 2. The van der Waals surface area contributed by atoms with E-state index in [0.717, 1.165) is 10.5 Å². The van der Waals surface area contributed by atoms with Gasteiger partial charge in [-0.15, -0.1) is 11.8 Å². The summed E-state index contributed by atoms with van der Waals surface area (Å²) < 4.78 is 11.5. The van der Waals surface area contributed by atoms with Crippen LogP contribution in [0.15, 0.2) is 89.8 Å². The smallest absolute Gasteiger partial charge is 0.338 e. The molecular formula is C27H26O5S. The summed E-state index contributed by atoms with van der Waals surface area (Å²) >= 11 is 1.48. The van der Waals surface area contributed by atoms with Gasteiger partial charge in [0, 0.05) is 16.9 Å². The maximum absolute atomic E-state index is 12.9. The first-order valence-electron chi connectivity index (χ1n) is 10.9. The van der Waals surface area contributed by atoms with Gasteiger partial charge in [0.15, 0.2) is 5.78 Å². The third kappa shape index (κ3) is 5.90. The molecule has 170 valence electrons. The van der Waals surface area contributed by atoms with Crippen molar-refractivity contribution in [1.29, 1.82) is 0 Å². The Hall–Kier alpha value is -2.93. The van der Waals surface area contributed by atoms with Crippen molar-refractivity contribution < 1.29 is 24.2 Å². The normalized spacial score (nSPS) is 22.1. The quantitative estimate of drug-likeness (QED) is 0.386. The first-order valence-corrected chi connectivity index (χ1v) is 11.8. The van der Waals surface area contributed by atoms with Gasteiger partial charge in [-0.05, 0) is 31.2 Å². The number of ketones is 1. The molecule has 4 rings (SSSR count). The molecule has 3 aromatic rings. The minimum atomic E-state index is -0.895. The molecule has 0 unspecified atom stereocenters. The monoisotopic (exact) mass is 462 g/mol. The zero-order valence-corrected chi connectivity index (χ0v) is 19.1. The van der Waals surface area contributed by atoms with Gasteiger partial charge < -0.3 is 14.6 Å². The molecule has 1 heterocycles. The minimum absolute atomic E-state index is 0.0516. The van der Waals surface area contributed by atoms with E-state index in [4.69, 9.17) is 9.47 Å². The van der Waals surface area contributed by atoms with Gasteiger partial charge in [-0.2, -0.15) is 0 Å². The number of thioether (sulfide) groups is 1. The van der Waals surface area contributed by atoms with Crippen molar-refractivity contribution in [3.8, 4) is 0 Å².